The number of hydrogen-bond donors (Lipinski definition) is 1. The van der Waals surface area contributed by atoms with Crippen LogP contribution in [-0.2, 0) is 0 Å². The number of H-pyrrole nitrogens is 1. The van der Waals surface area contributed by atoms with Crippen LogP contribution in [0.5, 0.6) is 0 Å². The Bertz CT molecular complexity index is 474. The minimum atomic E-state index is -0.529. The first-order chi connectivity index (χ1) is 8.54. The summed E-state index contributed by atoms with van der Waals surface area (Å²) in [7, 11) is 0. The number of likely N-dealkylation sites (tertiary alicyclic amines) is 1. The SMILES string of the molecule is CC1CCN(C(=O)c2cc([N+](=O)[O-])c[nH]2)C1CCl. The van der Waals surface area contributed by atoms with Crippen molar-refractivity contribution in [3.05, 3.63) is 28.1 Å². The minimum absolute atomic E-state index is 0.00141. The lowest BCUT2D eigenvalue weighted by molar-refractivity contribution is -0.384. The van der Waals surface area contributed by atoms with E-state index in [-0.39, 0.29) is 23.3 Å². The van der Waals surface area contributed by atoms with Gasteiger partial charge in [0.25, 0.3) is 11.6 Å². The summed E-state index contributed by atoms with van der Waals surface area (Å²) in [6.07, 6.45) is 2.13. The Kier molecular flexibility index (Phi) is 3.56. The average Bonchev–Trinajstić information content (AvgIpc) is 2.94. The zero-order valence-electron chi connectivity index (χ0n) is 9.93. The van der Waals surface area contributed by atoms with Gasteiger partial charge in [0.2, 0.25) is 0 Å². The van der Waals surface area contributed by atoms with Crippen molar-refractivity contribution in [1.82, 2.24) is 9.88 Å². The molecular weight excluding hydrogens is 258 g/mol. The number of nitrogens with zero attached hydrogens (tertiary/aromatic N) is 2. The Morgan fingerprint density at radius 2 is 2.44 bits per heavy atom. The van der Waals surface area contributed by atoms with Gasteiger partial charge in [-0.2, -0.15) is 0 Å². The number of alkyl halides is 1. The fourth-order valence-corrected chi connectivity index (χ4v) is 2.73. The van der Waals surface area contributed by atoms with Crippen LogP contribution in [0.25, 0.3) is 0 Å². The molecular formula is C11H14ClN3O3. The zero-order valence-corrected chi connectivity index (χ0v) is 10.7. The predicted molar refractivity (Wildman–Crippen MR) is 66.8 cm³/mol. The fraction of sp³-hybridized carbons (Fsp3) is 0.545. The molecule has 1 N–H and O–H groups in total. The monoisotopic (exact) mass is 271 g/mol. The topological polar surface area (TPSA) is 79.2 Å². The molecule has 0 aliphatic carbocycles. The maximum Gasteiger partial charge on any atom is 0.287 e. The molecule has 1 fully saturated rings. The van der Waals surface area contributed by atoms with Gasteiger partial charge in [-0.3, -0.25) is 14.9 Å². The van der Waals surface area contributed by atoms with Crippen molar-refractivity contribution in [2.75, 3.05) is 12.4 Å². The Morgan fingerprint density at radius 1 is 1.72 bits per heavy atom. The third-order valence-electron chi connectivity index (χ3n) is 3.41. The minimum Gasteiger partial charge on any atom is -0.351 e. The van der Waals surface area contributed by atoms with Crippen molar-refractivity contribution < 1.29 is 9.72 Å². The molecule has 0 spiro atoms. The summed E-state index contributed by atoms with van der Waals surface area (Å²) in [5, 5.41) is 10.6. The van der Waals surface area contributed by atoms with Crippen LogP contribution in [0.4, 0.5) is 5.69 Å². The number of halogens is 1. The van der Waals surface area contributed by atoms with Crippen LogP contribution in [-0.4, -0.2) is 39.2 Å². The van der Waals surface area contributed by atoms with Crippen molar-refractivity contribution in [2.45, 2.75) is 19.4 Å². The molecule has 0 aromatic carbocycles. The number of rotatable bonds is 3. The van der Waals surface area contributed by atoms with E-state index in [4.69, 9.17) is 11.6 Å². The Morgan fingerprint density at radius 3 is 3.00 bits per heavy atom. The second-order valence-corrected chi connectivity index (χ2v) is 4.82. The number of aromatic amines is 1. The third-order valence-corrected chi connectivity index (χ3v) is 3.73. The molecule has 7 heteroatoms. The van der Waals surface area contributed by atoms with Crippen LogP contribution in [0, 0.1) is 16.0 Å². The molecule has 1 aliphatic rings. The highest BCUT2D eigenvalue weighted by molar-refractivity contribution is 6.18. The van der Waals surface area contributed by atoms with E-state index in [1.54, 1.807) is 4.90 Å². The van der Waals surface area contributed by atoms with Gasteiger partial charge in [0.15, 0.2) is 0 Å². The van der Waals surface area contributed by atoms with Crippen LogP contribution < -0.4 is 0 Å². The molecule has 2 heterocycles. The number of nitrogens with one attached hydrogen (secondary N) is 1. The van der Waals surface area contributed by atoms with E-state index in [2.05, 4.69) is 11.9 Å². The lowest BCUT2D eigenvalue weighted by Crippen LogP contribution is -2.38. The standard InChI is InChI=1S/C11H14ClN3O3/c1-7-2-3-14(10(7)5-12)11(16)9-4-8(6-13-9)15(17)18/h4,6-7,10,13H,2-3,5H2,1H3. The second kappa shape index (κ2) is 4.97. The van der Waals surface area contributed by atoms with E-state index in [0.717, 1.165) is 6.42 Å². The molecule has 2 atom stereocenters. The van der Waals surface area contributed by atoms with Gasteiger partial charge in [0, 0.05) is 24.5 Å². The third kappa shape index (κ3) is 2.20. The summed E-state index contributed by atoms with van der Waals surface area (Å²) in [6, 6.07) is 1.26. The molecule has 1 saturated heterocycles. The van der Waals surface area contributed by atoms with Crippen molar-refractivity contribution in [2.24, 2.45) is 5.92 Å². The van der Waals surface area contributed by atoms with Gasteiger partial charge < -0.3 is 9.88 Å². The largest absolute Gasteiger partial charge is 0.351 e. The molecule has 98 valence electrons. The summed E-state index contributed by atoms with van der Waals surface area (Å²) in [5.41, 5.74) is 0.138. The molecule has 0 radical (unpaired) electrons. The molecule has 1 amide bonds. The highest BCUT2D eigenvalue weighted by atomic mass is 35.5. The first-order valence-electron chi connectivity index (χ1n) is 5.74. The summed E-state index contributed by atoms with van der Waals surface area (Å²) in [5.74, 6) is 0.518. The summed E-state index contributed by atoms with van der Waals surface area (Å²) in [4.78, 5) is 26.6. The van der Waals surface area contributed by atoms with Gasteiger partial charge >= 0.3 is 0 Å². The number of nitro groups is 1. The normalized spacial score (nSPS) is 23.3. The number of carbonyl (C=O) groups excluding carboxylic acids is 1. The first-order valence-corrected chi connectivity index (χ1v) is 6.27. The average molecular weight is 272 g/mol. The molecule has 6 nitrogen and oxygen atoms in total. The van der Waals surface area contributed by atoms with Gasteiger partial charge in [0.05, 0.1) is 11.1 Å². The zero-order chi connectivity index (χ0) is 13.3. The van der Waals surface area contributed by atoms with Gasteiger partial charge in [-0.1, -0.05) is 6.92 Å². The Hall–Kier alpha value is -1.56. The number of hydrogen-bond acceptors (Lipinski definition) is 3. The van der Waals surface area contributed by atoms with E-state index in [0.29, 0.717) is 18.3 Å². The van der Waals surface area contributed by atoms with Crippen LogP contribution >= 0.6 is 11.6 Å². The first kappa shape index (κ1) is 12.9. The molecule has 1 aliphatic heterocycles. The molecule has 0 bridgehead atoms. The summed E-state index contributed by atoms with van der Waals surface area (Å²) < 4.78 is 0. The van der Waals surface area contributed by atoms with Crippen molar-refractivity contribution in [3.63, 3.8) is 0 Å². The van der Waals surface area contributed by atoms with Gasteiger partial charge in [-0.15, -0.1) is 11.6 Å². The van der Waals surface area contributed by atoms with Crippen molar-refractivity contribution in [3.8, 4) is 0 Å². The molecule has 1 aromatic heterocycles. The molecule has 2 unspecified atom stereocenters. The van der Waals surface area contributed by atoms with Crippen molar-refractivity contribution in [1.29, 1.82) is 0 Å². The smallest absolute Gasteiger partial charge is 0.287 e. The van der Waals surface area contributed by atoms with Crippen LogP contribution in [0.15, 0.2) is 12.3 Å². The van der Waals surface area contributed by atoms with Gasteiger partial charge in [-0.25, -0.2) is 0 Å². The number of carbonyl (C=O) groups is 1. The van der Waals surface area contributed by atoms with E-state index in [9.17, 15) is 14.9 Å². The molecule has 0 saturated carbocycles. The second-order valence-electron chi connectivity index (χ2n) is 4.51. The lowest BCUT2D eigenvalue weighted by atomic mass is 10.1. The predicted octanol–water partition coefficient (Wildman–Crippen LogP) is 2.01. The highest BCUT2D eigenvalue weighted by Gasteiger charge is 2.35. The van der Waals surface area contributed by atoms with Crippen LogP contribution in [0.3, 0.4) is 0 Å². The summed E-state index contributed by atoms with van der Waals surface area (Å²) in [6.45, 7) is 2.70. The van der Waals surface area contributed by atoms with E-state index >= 15 is 0 Å². The Labute approximate surface area is 109 Å². The van der Waals surface area contributed by atoms with Crippen LogP contribution in [0.1, 0.15) is 23.8 Å². The molecule has 1 aromatic rings. The quantitative estimate of drug-likeness (QED) is 0.519. The van der Waals surface area contributed by atoms with Crippen LogP contribution in [0.2, 0.25) is 0 Å². The molecule has 18 heavy (non-hydrogen) atoms. The van der Waals surface area contributed by atoms with Gasteiger partial charge in [0.1, 0.15) is 5.69 Å². The number of aromatic nitrogens is 1. The van der Waals surface area contributed by atoms with Gasteiger partial charge in [-0.05, 0) is 12.3 Å². The maximum atomic E-state index is 12.2. The maximum absolute atomic E-state index is 12.2. The summed E-state index contributed by atoms with van der Waals surface area (Å²) >= 11 is 5.87. The lowest BCUT2D eigenvalue weighted by Gasteiger charge is -2.24. The van der Waals surface area contributed by atoms with E-state index in [1.165, 1.54) is 12.3 Å². The highest BCUT2D eigenvalue weighted by Crippen LogP contribution is 2.27. The van der Waals surface area contributed by atoms with Crippen molar-refractivity contribution >= 4 is 23.2 Å². The molecule has 2 rings (SSSR count). The van der Waals surface area contributed by atoms with E-state index in [1.807, 2.05) is 0 Å². The Balaban J connectivity index is 2.18. The number of amides is 1. The van der Waals surface area contributed by atoms with E-state index < -0.39 is 4.92 Å². The fourth-order valence-electron chi connectivity index (χ4n) is 2.26.